The molecular weight excluding hydrogens is 266 g/mol. The van der Waals surface area contributed by atoms with Gasteiger partial charge in [-0.15, -0.1) is 0 Å². The first-order valence-corrected chi connectivity index (χ1v) is 7.75. The maximum Gasteiger partial charge on any atom is 0.163 e. The third-order valence-corrected chi connectivity index (χ3v) is 3.96. The SMILES string of the molecule is CCCCc1nc2cc3c(cc2n1C(C)CN)OCCO3. The number of hydrogen-bond acceptors (Lipinski definition) is 4. The fourth-order valence-corrected chi connectivity index (χ4v) is 2.79. The molecule has 1 unspecified atom stereocenters. The van der Waals surface area contributed by atoms with Crippen molar-refractivity contribution < 1.29 is 9.47 Å². The molecule has 21 heavy (non-hydrogen) atoms. The van der Waals surface area contributed by atoms with Gasteiger partial charge in [-0.25, -0.2) is 4.98 Å². The van der Waals surface area contributed by atoms with Crippen molar-refractivity contribution in [3.8, 4) is 11.5 Å². The number of imidazole rings is 1. The normalized spacial score (nSPS) is 15.4. The Morgan fingerprint density at radius 1 is 1.29 bits per heavy atom. The van der Waals surface area contributed by atoms with Gasteiger partial charge in [-0.3, -0.25) is 0 Å². The number of aryl methyl sites for hydroxylation is 1. The van der Waals surface area contributed by atoms with Gasteiger partial charge in [0.15, 0.2) is 11.5 Å². The highest BCUT2D eigenvalue weighted by Gasteiger charge is 2.19. The van der Waals surface area contributed by atoms with Crippen molar-refractivity contribution in [2.75, 3.05) is 19.8 Å². The Balaban J connectivity index is 2.12. The van der Waals surface area contributed by atoms with Gasteiger partial charge in [0.25, 0.3) is 0 Å². The van der Waals surface area contributed by atoms with Gasteiger partial charge in [0.1, 0.15) is 19.0 Å². The number of hydrogen-bond donors (Lipinski definition) is 1. The lowest BCUT2D eigenvalue weighted by Crippen LogP contribution is -2.18. The topological polar surface area (TPSA) is 62.3 Å². The van der Waals surface area contributed by atoms with Crippen LogP contribution in [0.5, 0.6) is 11.5 Å². The van der Waals surface area contributed by atoms with Crippen LogP contribution < -0.4 is 15.2 Å². The van der Waals surface area contributed by atoms with Crippen molar-refractivity contribution in [2.24, 2.45) is 5.73 Å². The first-order valence-electron chi connectivity index (χ1n) is 7.75. The van der Waals surface area contributed by atoms with Gasteiger partial charge < -0.3 is 19.8 Å². The summed E-state index contributed by atoms with van der Waals surface area (Å²) in [4.78, 5) is 4.80. The molecule has 2 heterocycles. The fraction of sp³-hybridized carbons (Fsp3) is 0.562. The molecule has 5 nitrogen and oxygen atoms in total. The fourth-order valence-electron chi connectivity index (χ4n) is 2.79. The van der Waals surface area contributed by atoms with Crippen LogP contribution in [0.1, 0.15) is 38.6 Å². The number of nitrogens with zero attached hydrogens (tertiary/aromatic N) is 2. The molecule has 0 radical (unpaired) electrons. The van der Waals surface area contributed by atoms with Crippen LogP contribution in [-0.2, 0) is 6.42 Å². The molecule has 2 N–H and O–H groups in total. The highest BCUT2D eigenvalue weighted by atomic mass is 16.6. The molecule has 0 spiro atoms. The predicted molar refractivity (Wildman–Crippen MR) is 83.1 cm³/mol. The summed E-state index contributed by atoms with van der Waals surface area (Å²) in [7, 11) is 0. The molecule has 114 valence electrons. The van der Waals surface area contributed by atoms with Gasteiger partial charge in [-0.1, -0.05) is 13.3 Å². The molecule has 1 atom stereocenters. The van der Waals surface area contributed by atoms with Crippen molar-refractivity contribution in [1.29, 1.82) is 0 Å². The summed E-state index contributed by atoms with van der Waals surface area (Å²) >= 11 is 0. The van der Waals surface area contributed by atoms with Crippen molar-refractivity contribution in [2.45, 2.75) is 39.2 Å². The quantitative estimate of drug-likeness (QED) is 0.919. The van der Waals surface area contributed by atoms with Crippen LogP contribution in [0.3, 0.4) is 0 Å². The van der Waals surface area contributed by atoms with E-state index in [2.05, 4.69) is 18.4 Å². The Labute approximate surface area is 125 Å². The van der Waals surface area contributed by atoms with Gasteiger partial charge in [-0.05, 0) is 13.3 Å². The average Bonchev–Trinajstić information content (AvgIpc) is 2.87. The Morgan fingerprint density at radius 2 is 2.00 bits per heavy atom. The zero-order chi connectivity index (χ0) is 14.8. The zero-order valence-electron chi connectivity index (χ0n) is 12.8. The molecule has 0 aliphatic carbocycles. The summed E-state index contributed by atoms with van der Waals surface area (Å²) in [6, 6.07) is 4.25. The molecule has 0 fully saturated rings. The number of aromatic nitrogens is 2. The lowest BCUT2D eigenvalue weighted by atomic mass is 10.2. The molecule has 1 aliphatic heterocycles. The second kappa shape index (κ2) is 5.93. The minimum absolute atomic E-state index is 0.226. The molecule has 0 amide bonds. The molecule has 1 aliphatic rings. The maximum atomic E-state index is 5.89. The maximum absolute atomic E-state index is 5.89. The monoisotopic (exact) mass is 289 g/mol. The number of ether oxygens (including phenoxy) is 2. The van der Waals surface area contributed by atoms with Crippen LogP contribution in [-0.4, -0.2) is 29.3 Å². The minimum atomic E-state index is 0.226. The number of nitrogens with two attached hydrogens (primary N) is 1. The van der Waals surface area contributed by atoms with Crippen LogP contribution in [0.15, 0.2) is 12.1 Å². The summed E-state index contributed by atoms with van der Waals surface area (Å²) in [6.07, 6.45) is 3.26. The van der Waals surface area contributed by atoms with Gasteiger partial charge in [0.05, 0.1) is 11.0 Å². The number of fused-ring (bicyclic) bond motifs is 2. The summed E-state index contributed by atoms with van der Waals surface area (Å²) in [5.74, 6) is 2.70. The largest absolute Gasteiger partial charge is 0.486 e. The van der Waals surface area contributed by atoms with Gasteiger partial charge >= 0.3 is 0 Å². The van der Waals surface area contributed by atoms with E-state index >= 15 is 0 Å². The lowest BCUT2D eigenvalue weighted by molar-refractivity contribution is 0.172. The summed E-state index contributed by atoms with van der Waals surface area (Å²) < 4.78 is 13.6. The molecule has 5 heteroatoms. The van der Waals surface area contributed by atoms with Gasteiger partial charge in [-0.2, -0.15) is 0 Å². The predicted octanol–water partition coefficient (Wildman–Crippen LogP) is 2.67. The van der Waals surface area contributed by atoms with Gasteiger partial charge in [0.2, 0.25) is 0 Å². The molecule has 1 aromatic carbocycles. The Hall–Kier alpha value is -1.75. The smallest absolute Gasteiger partial charge is 0.163 e. The first kappa shape index (κ1) is 14.2. The Morgan fingerprint density at radius 3 is 2.67 bits per heavy atom. The number of benzene rings is 1. The third kappa shape index (κ3) is 2.58. The average molecular weight is 289 g/mol. The molecule has 1 aromatic heterocycles. The highest BCUT2D eigenvalue weighted by molar-refractivity contribution is 5.81. The zero-order valence-corrected chi connectivity index (χ0v) is 12.8. The molecule has 0 saturated heterocycles. The van der Waals surface area contributed by atoms with Crippen molar-refractivity contribution >= 4 is 11.0 Å². The molecule has 3 rings (SSSR count). The van der Waals surface area contributed by atoms with Crippen LogP contribution in [0.2, 0.25) is 0 Å². The van der Waals surface area contributed by atoms with Crippen molar-refractivity contribution in [3.05, 3.63) is 18.0 Å². The van der Waals surface area contributed by atoms with E-state index in [0.717, 1.165) is 47.6 Å². The third-order valence-electron chi connectivity index (χ3n) is 3.96. The Kier molecular flexibility index (Phi) is 4.01. The number of unbranched alkanes of at least 4 members (excludes halogenated alkanes) is 1. The molecule has 0 bridgehead atoms. The molecular formula is C16H23N3O2. The van der Waals surface area contributed by atoms with Crippen LogP contribution in [0.25, 0.3) is 11.0 Å². The van der Waals surface area contributed by atoms with Crippen LogP contribution in [0.4, 0.5) is 0 Å². The number of rotatable bonds is 5. The van der Waals surface area contributed by atoms with E-state index in [0.29, 0.717) is 19.8 Å². The highest BCUT2D eigenvalue weighted by Crippen LogP contribution is 2.35. The van der Waals surface area contributed by atoms with Crippen molar-refractivity contribution in [3.63, 3.8) is 0 Å². The second-order valence-electron chi connectivity index (χ2n) is 5.57. The Bertz CT molecular complexity index is 636. The van der Waals surface area contributed by atoms with Gasteiger partial charge in [0, 0.05) is 31.1 Å². The standard InChI is InChI=1S/C16H23N3O2/c1-3-4-5-16-18-12-8-14-15(21-7-6-20-14)9-13(12)19(16)11(2)10-17/h8-9,11H,3-7,10,17H2,1-2H3. The van der Waals surface area contributed by atoms with E-state index < -0.39 is 0 Å². The van der Waals surface area contributed by atoms with Crippen molar-refractivity contribution in [1.82, 2.24) is 9.55 Å². The van der Waals surface area contributed by atoms with Crippen LogP contribution in [0, 0.1) is 0 Å². The van der Waals surface area contributed by atoms with E-state index in [1.165, 1.54) is 0 Å². The lowest BCUT2D eigenvalue weighted by Gasteiger charge is -2.19. The summed E-state index contributed by atoms with van der Waals surface area (Å²) in [5, 5.41) is 0. The second-order valence-corrected chi connectivity index (χ2v) is 5.57. The van der Waals surface area contributed by atoms with E-state index in [4.69, 9.17) is 20.2 Å². The van der Waals surface area contributed by atoms with E-state index in [1.54, 1.807) is 0 Å². The minimum Gasteiger partial charge on any atom is -0.486 e. The van der Waals surface area contributed by atoms with Crippen LogP contribution >= 0.6 is 0 Å². The first-order chi connectivity index (χ1) is 10.2. The molecule has 0 saturated carbocycles. The van der Waals surface area contributed by atoms with E-state index in [-0.39, 0.29) is 6.04 Å². The molecule has 2 aromatic rings. The van der Waals surface area contributed by atoms with E-state index in [1.807, 2.05) is 12.1 Å². The summed E-state index contributed by atoms with van der Waals surface area (Å²) in [6.45, 7) is 6.12. The summed E-state index contributed by atoms with van der Waals surface area (Å²) in [5.41, 5.74) is 7.94. The van der Waals surface area contributed by atoms with E-state index in [9.17, 15) is 0 Å².